The molecule has 0 amide bonds. The van der Waals surface area contributed by atoms with E-state index in [0.29, 0.717) is 10.0 Å². The summed E-state index contributed by atoms with van der Waals surface area (Å²) >= 11 is 15.1. The van der Waals surface area contributed by atoms with E-state index in [1.807, 2.05) is 48.5 Å². The summed E-state index contributed by atoms with van der Waals surface area (Å²) in [5.41, 5.74) is 2.10. The number of rotatable bonds is 5. The van der Waals surface area contributed by atoms with Gasteiger partial charge in [0.25, 0.3) is 0 Å². The molecule has 0 spiro atoms. The van der Waals surface area contributed by atoms with E-state index < -0.39 is 0 Å². The van der Waals surface area contributed by atoms with Gasteiger partial charge in [0.15, 0.2) is 4.34 Å². The maximum atomic E-state index is 6.01. The SMILES string of the molecule is Clc1ccc(CSc2nnc(Nc3ccccc3)s2)cc1Cl. The lowest BCUT2D eigenvalue weighted by molar-refractivity contribution is 1.01. The summed E-state index contributed by atoms with van der Waals surface area (Å²) in [7, 11) is 0. The molecule has 0 bridgehead atoms. The second-order valence-electron chi connectivity index (χ2n) is 4.40. The Hall–Kier alpha value is -1.27. The van der Waals surface area contributed by atoms with E-state index in [9.17, 15) is 0 Å². The van der Waals surface area contributed by atoms with Crippen molar-refractivity contribution < 1.29 is 0 Å². The van der Waals surface area contributed by atoms with Crippen molar-refractivity contribution in [3.8, 4) is 0 Å². The quantitative estimate of drug-likeness (QED) is 0.571. The predicted octanol–water partition coefficient (Wildman–Crippen LogP) is 5.88. The molecule has 0 saturated heterocycles. The molecule has 1 aromatic heterocycles. The third-order valence-electron chi connectivity index (χ3n) is 2.78. The fourth-order valence-corrected chi connectivity index (χ4v) is 3.77. The number of hydrogen-bond acceptors (Lipinski definition) is 5. The van der Waals surface area contributed by atoms with Gasteiger partial charge in [0, 0.05) is 11.4 Å². The molecule has 0 unspecified atom stereocenters. The molecule has 0 radical (unpaired) electrons. The Morgan fingerprint density at radius 2 is 1.82 bits per heavy atom. The minimum Gasteiger partial charge on any atom is -0.330 e. The number of hydrogen-bond donors (Lipinski definition) is 1. The summed E-state index contributed by atoms with van der Waals surface area (Å²) < 4.78 is 0.907. The Morgan fingerprint density at radius 3 is 2.59 bits per heavy atom. The second-order valence-corrected chi connectivity index (χ2v) is 7.42. The highest BCUT2D eigenvalue weighted by molar-refractivity contribution is 8.00. The number of thioether (sulfide) groups is 1. The Morgan fingerprint density at radius 1 is 1.00 bits per heavy atom. The Bertz CT molecular complexity index is 762. The molecule has 7 heteroatoms. The van der Waals surface area contributed by atoms with Gasteiger partial charge >= 0.3 is 0 Å². The molecule has 3 nitrogen and oxygen atoms in total. The minimum absolute atomic E-state index is 0.570. The minimum atomic E-state index is 0.570. The van der Waals surface area contributed by atoms with Crippen LogP contribution >= 0.6 is 46.3 Å². The molecular weight excluding hydrogens is 357 g/mol. The fourth-order valence-electron chi connectivity index (χ4n) is 1.74. The molecule has 3 aromatic rings. The molecule has 1 N–H and O–H groups in total. The van der Waals surface area contributed by atoms with Gasteiger partial charge in [0.1, 0.15) is 0 Å². The number of halogens is 2. The molecule has 112 valence electrons. The zero-order valence-corrected chi connectivity index (χ0v) is 14.4. The van der Waals surface area contributed by atoms with Crippen molar-refractivity contribution in [1.29, 1.82) is 0 Å². The lowest BCUT2D eigenvalue weighted by atomic mass is 10.2. The van der Waals surface area contributed by atoms with Gasteiger partial charge in [0.05, 0.1) is 10.0 Å². The van der Waals surface area contributed by atoms with Crippen LogP contribution in [0.1, 0.15) is 5.56 Å². The lowest BCUT2D eigenvalue weighted by Crippen LogP contribution is -1.87. The monoisotopic (exact) mass is 367 g/mol. The standard InChI is InChI=1S/C15H11Cl2N3S2/c16-12-7-6-10(8-13(12)17)9-21-15-20-19-14(22-15)18-11-4-2-1-3-5-11/h1-8H,9H2,(H,18,19). The van der Waals surface area contributed by atoms with E-state index >= 15 is 0 Å². The van der Waals surface area contributed by atoms with Gasteiger partial charge in [-0.1, -0.05) is 70.6 Å². The van der Waals surface area contributed by atoms with Crippen molar-refractivity contribution >= 4 is 57.1 Å². The average Bonchev–Trinajstić information content (AvgIpc) is 2.97. The first kappa shape index (κ1) is 15.6. The van der Waals surface area contributed by atoms with Gasteiger partial charge < -0.3 is 5.32 Å². The summed E-state index contributed by atoms with van der Waals surface area (Å²) in [6.07, 6.45) is 0. The van der Waals surface area contributed by atoms with Gasteiger partial charge in [-0.25, -0.2) is 0 Å². The van der Waals surface area contributed by atoms with Gasteiger partial charge in [-0.15, -0.1) is 10.2 Å². The van der Waals surface area contributed by atoms with Crippen molar-refractivity contribution in [1.82, 2.24) is 10.2 Å². The number of para-hydroxylation sites is 1. The van der Waals surface area contributed by atoms with Crippen LogP contribution in [0.5, 0.6) is 0 Å². The Balaban J connectivity index is 1.61. The van der Waals surface area contributed by atoms with Crippen LogP contribution in [0, 0.1) is 0 Å². The van der Waals surface area contributed by atoms with Crippen LogP contribution < -0.4 is 5.32 Å². The Labute approximate surface area is 146 Å². The van der Waals surface area contributed by atoms with Gasteiger partial charge in [-0.2, -0.15) is 0 Å². The predicted molar refractivity (Wildman–Crippen MR) is 95.7 cm³/mol. The molecule has 3 rings (SSSR count). The largest absolute Gasteiger partial charge is 0.330 e. The highest BCUT2D eigenvalue weighted by atomic mass is 35.5. The third kappa shape index (κ3) is 4.14. The molecular formula is C15H11Cl2N3S2. The van der Waals surface area contributed by atoms with E-state index in [4.69, 9.17) is 23.2 Å². The van der Waals surface area contributed by atoms with E-state index in [0.717, 1.165) is 26.5 Å². The molecule has 1 heterocycles. The van der Waals surface area contributed by atoms with Crippen LogP contribution in [-0.4, -0.2) is 10.2 Å². The topological polar surface area (TPSA) is 37.8 Å². The fraction of sp³-hybridized carbons (Fsp3) is 0.0667. The number of nitrogens with zero attached hydrogens (tertiary/aromatic N) is 2. The zero-order valence-electron chi connectivity index (χ0n) is 11.3. The first-order valence-corrected chi connectivity index (χ1v) is 8.99. The molecule has 0 aliphatic heterocycles. The second kappa shape index (κ2) is 7.33. The molecule has 22 heavy (non-hydrogen) atoms. The molecule has 0 saturated carbocycles. The van der Waals surface area contributed by atoms with Crippen LogP contribution in [0.2, 0.25) is 10.0 Å². The smallest absolute Gasteiger partial charge is 0.210 e. The van der Waals surface area contributed by atoms with E-state index in [1.165, 1.54) is 11.3 Å². The van der Waals surface area contributed by atoms with E-state index in [1.54, 1.807) is 11.8 Å². The van der Waals surface area contributed by atoms with Crippen molar-refractivity contribution in [2.45, 2.75) is 10.1 Å². The summed E-state index contributed by atoms with van der Waals surface area (Å²) in [4.78, 5) is 0. The number of nitrogens with one attached hydrogen (secondary N) is 1. The Kier molecular flexibility index (Phi) is 5.20. The summed E-state index contributed by atoms with van der Waals surface area (Å²) in [5.74, 6) is 0.775. The van der Waals surface area contributed by atoms with E-state index in [-0.39, 0.29) is 0 Å². The van der Waals surface area contributed by atoms with Gasteiger partial charge in [0.2, 0.25) is 5.13 Å². The molecule has 2 aromatic carbocycles. The maximum absolute atomic E-state index is 6.01. The van der Waals surface area contributed by atoms with Crippen LogP contribution in [0.25, 0.3) is 0 Å². The first-order valence-electron chi connectivity index (χ1n) is 6.43. The van der Waals surface area contributed by atoms with Gasteiger partial charge in [-0.3, -0.25) is 0 Å². The van der Waals surface area contributed by atoms with Crippen molar-refractivity contribution in [2.75, 3.05) is 5.32 Å². The molecule has 0 fully saturated rings. The van der Waals surface area contributed by atoms with Crippen LogP contribution in [0.3, 0.4) is 0 Å². The number of aromatic nitrogens is 2. The summed E-state index contributed by atoms with van der Waals surface area (Å²) in [6.45, 7) is 0. The van der Waals surface area contributed by atoms with Crippen molar-refractivity contribution in [3.63, 3.8) is 0 Å². The molecule has 0 aliphatic carbocycles. The molecule has 0 aliphatic rings. The van der Waals surface area contributed by atoms with Crippen molar-refractivity contribution in [2.24, 2.45) is 0 Å². The van der Waals surface area contributed by atoms with Crippen LogP contribution in [0.4, 0.5) is 10.8 Å². The van der Waals surface area contributed by atoms with Crippen LogP contribution in [0.15, 0.2) is 52.9 Å². The lowest BCUT2D eigenvalue weighted by Gasteiger charge is -2.01. The highest BCUT2D eigenvalue weighted by Crippen LogP contribution is 2.31. The first-order chi connectivity index (χ1) is 10.7. The van der Waals surface area contributed by atoms with Gasteiger partial charge in [-0.05, 0) is 29.8 Å². The number of benzene rings is 2. The normalized spacial score (nSPS) is 10.6. The maximum Gasteiger partial charge on any atom is 0.210 e. The summed E-state index contributed by atoms with van der Waals surface area (Å²) in [5, 5.41) is 13.5. The number of anilines is 2. The third-order valence-corrected chi connectivity index (χ3v) is 5.56. The molecule has 0 atom stereocenters. The van der Waals surface area contributed by atoms with Crippen LogP contribution in [-0.2, 0) is 5.75 Å². The zero-order chi connectivity index (χ0) is 15.4. The average molecular weight is 368 g/mol. The van der Waals surface area contributed by atoms with E-state index in [2.05, 4.69) is 15.5 Å². The summed E-state index contributed by atoms with van der Waals surface area (Å²) in [6, 6.07) is 15.6. The highest BCUT2D eigenvalue weighted by Gasteiger charge is 2.06. The van der Waals surface area contributed by atoms with Crippen molar-refractivity contribution in [3.05, 3.63) is 64.1 Å².